The molecule has 1 aliphatic rings. The Morgan fingerprint density at radius 3 is 2.94 bits per heavy atom. The van der Waals surface area contributed by atoms with Crippen molar-refractivity contribution >= 4 is 5.95 Å². The van der Waals surface area contributed by atoms with Gasteiger partial charge in [-0.25, -0.2) is 4.98 Å². The van der Waals surface area contributed by atoms with Gasteiger partial charge < -0.3 is 9.88 Å². The Hall–Kier alpha value is -1.77. The largest absolute Gasteiger partial charge is 0.349 e. The molecular weight excluding hydrogens is 222 g/mol. The smallest absolute Gasteiger partial charge is 0.203 e. The van der Waals surface area contributed by atoms with Crippen LogP contribution < -0.4 is 5.32 Å². The SMILES string of the molecule is CCCc1ccc(C2CCn3ccnc3N2)cc1. The van der Waals surface area contributed by atoms with Crippen LogP contribution in [0, 0.1) is 0 Å². The maximum atomic E-state index is 4.33. The van der Waals surface area contributed by atoms with Gasteiger partial charge in [0.2, 0.25) is 5.95 Å². The number of rotatable bonds is 3. The van der Waals surface area contributed by atoms with Crippen molar-refractivity contribution in [2.75, 3.05) is 5.32 Å². The second kappa shape index (κ2) is 4.84. The van der Waals surface area contributed by atoms with Gasteiger partial charge in [0.05, 0.1) is 6.04 Å². The Balaban J connectivity index is 1.76. The summed E-state index contributed by atoms with van der Waals surface area (Å²) in [6, 6.07) is 9.40. The van der Waals surface area contributed by atoms with Gasteiger partial charge in [0.1, 0.15) is 0 Å². The first-order valence-electron chi connectivity index (χ1n) is 6.73. The van der Waals surface area contributed by atoms with E-state index < -0.39 is 0 Å². The van der Waals surface area contributed by atoms with Gasteiger partial charge in [-0.3, -0.25) is 0 Å². The quantitative estimate of drug-likeness (QED) is 0.892. The number of hydrogen-bond donors (Lipinski definition) is 1. The highest BCUT2D eigenvalue weighted by molar-refractivity contribution is 5.36. The number of nitrogens with zero attached hydrogens (tertiary/aromatic N) is 2. The van der Waals surface area contributed by atoms with Crippen molar-refractivity contribution < 1.29 is 0 Å². The third kappa shape index (κ3) is 2.13. The predicted octanol–water partition coefficient (Wildman–Crippen LogP) is 3.39. The van der Waals surface area contributed by atoms with Crippen LogP contribution in [0.5, 0.6) is 0 Å². The average molecular weight is 241 g/mol. The molecule has 2 aromatic rings. The zero-order chi connectivity index (χ0) is 12.4. The van der Waals surface area contributed by atoms with Crippen LogP contribution in [0.15, 0.2) is 36.7 Å². The highest BCUT2D eigenvalue weighted by Gasteiger charge is 2.19. The first-order chi connectivity index (χ1) is 8.86. The molecule has 0 saturated carbocycles. The van der Waals surface area contributed by atoms with Crippen LogP contribution in [0.4, 0.5) is 5.95 Å². The molecule has 0 bridgehead atoms. The van der Waals surface area contributed by atoms with Crippen LogP contribution in [0.1, 0.15) is 36.9 Å². The molecule has 3 nitrogen and oxygen atoms in total. The number of aromatic nitrogens is 2. The monoisotopic (exact) mass is 241 g/mol. The summed E-state index contributed by atoms with van der Waals surface area (Å²) in [5.74, 6) is 0.990. The maximum Gasteiger partial charge on any atom is 0.203 e. The van der Waals surface area contributed by atoms with Crippen molar-refractivity contribution in [3.63, 3.8) is 0 Å². The lowest BCUT2D eigenvalue weighted by Crippen LogP contribution is -2.21. The fraction of sp³-hybridized carbons (Fsp3) is 0.400. The van der Waals surface area contributed by atoms with Crippen LogP contribution >= 0.6 is 0 Å². The molecule has 0 fully saturated rings. The molecule has 1 atom stereocenters. The van der Waals surface area contributed by atoms with E-state index in [0.29, 0.717) is 6.04 Å². The zero-order valence-electron chi connectivity index (χ0n) is 10.8. The molecule has 0 amide bonds. The molecule has 1 aromatic heterocycles. The van der Waals surface area contributed by atoms with Crippen LogP contribution in [-0.4, -0.2) is 9.55 Å². The predicted molar refractivity (Wildman–Crippen MR) is 73.6 cm³/mol. The molecule has 3 rings (SSSR count). The number of benzene rings is 1. The van der Waals surface area contributed by atoms with E-state index in [2.05, 4.69) is 46.1 Å². The van der Waals surface area contributed by atoms with Crippen molar-refractivity contribution in [2.45, 2.75) is 38.8 Å². The van der Waals surface area contributed by atoms with Gasteiger partial charge in [0, 0.05) is 18.9 Å². The van der Waals surface area contributed by atoms with Crippen LogP contribution in [0.2, 0.25) is 0 Å². The van der Waals surface area contributed by atoms with Gasteiger partial charge >= 0.3 is 0 Å². The lowest BCUT2D eigenvalue weighted by Gasteiger charge is -2.26. The minimum atomic E-state index is 0.399. The summed E-state index contributed by atoms with van der Waals surface area (Å²) in [6.07, 6.45) is 7.38. The fourth-order valence-corrected chi connectivity index (χ4v) is 2.58. The molecule has 18 heavy (non-hydrogen) atoms. The summed E-state index contributed by atoms with van der Waals surface area (Å²) in [7, 11) is 0. The molecule has 0 spiro atoms. The molecule has 1 aromatic carbocycles. The van der Waals surface area contributed by atoms with E-state index in [-0.39, 0.29) is 0 Å². The summed E-state index contributed by atoms with van der Waals surface area (Å²) >= 11 is 0. The topological polar surface area (TPSA) is 29.9 Å². The van der Waals surface area contributed by atoms with Gasteiger partial charge in [-0.05, 0) is 24.0 Å². The number of hydrogen-bond acceptors (Lipinski definition) is 2. The average Bonchev–Trinajstić information content (AvgIpc) is 2.87. The second-order valence-corrected chi connectivity index (χ2v) is 4.92. The Bertz CT molecular complexity index is 513. The van der Waals surface area contributed by atoms with E-state index in [0.717, 1.165) is 18.9 Å². The Kier molecular flexibility index (Phi) is 3.05. The Labute approximate surface area is 108 Å². The van der Waals surface area contributed by atoms with E-state index in [1.807, 2.05) is 12.4 Å². The normalized spacial score (nSPS) is 18.2. The van der Waals surface area contributed by atoms with Crippen LogP contribution in [-0.2, 0) is 13.0 Å². The molecule has 1 N–H and O–H groups in total. The van der Waals surface area contributed by atoms with Crippen molar-refractivity contribution in [1.29, 1.82) is 0 Å². The molecule has 1 aliphatic heterocycles. The lowest BCUT2D eigenvalue weighted by atomic mass is 10.00. The molecule has 0 aliphatic carbocycles. The lowest BCUT2D eigenvalue weighted by molar-refractivity contribution is 0.542. The van der Waals surface area contributed by atoms with E-state index in [1.54, 1.807) is 0 Å². The molecule has 2 heterocycles. The molecule has 1 unspecified atom stereocenters. The van der Waals surface area contributed by atoms with Crippen LogP contribution in [0.25, 0.3) is 0 Å². The van der Waals surface area contributed by atoms with Gasteiger partial charge in [-0.2, -0.15) is 0 Å². The van der Waals surface area contributed by atoms with Crippen LogP contribution in [0.3, 0.4) is 0 Å². The van der Waals surface area contributed by atoms with E-state index in [9.17, 15) is 0 Å². The third-order valence-corrected chi connectivity index (χ3v) is 3.60. The third-order valence-electron chi connectivity index (χ3n) is 3.60. The molecule has 94 valence electrons. The Morgan fingerprint density at radius 1 is 1.33 bits per heavy atom. The van der Waals surface area contributed by atoms with E-state index in [4.69, 9.17) is 0 Å². The summed E-state index contributed by atoms with van der Waals surface area (Å²) in [6.45, 7) is 3.26. The van der Waals surface area contributed by atoms with Crippen molar-refractivity contribution in [3.05, 3.63) is 47.8 Å². The Morgan fingerprint density at radius 2 is 2.17 bits per heavy atom. The summed E-state index contributed by atoms with van der Waals surface area (Å²) in [5, 5.41) is 3.50. The molecule has 3 heteroatoms. The van der Waals surface area contributed by atoms with E-state index >= 15 is 0 Å². The summed E-state index contributed by atoms with van der Waals surface area (Å²) < 4.78 is 2.17. The number of imidazole rings is 1. The molecule has 0 saturated heterocycles. The van der Waals surface area contributed by atoms with Crippen molar-refractivity contribution in [3.8, 4) is 0 Å². The number of fused-ring (bicyclic) bond motifs is 1. The fourth-order valence-electron chi connectivity index (χ4n) is 2.58. The highest BCUT2D eigenvalue weighted by atomic mass is 15.2. The summed E-state index contributed by atoms with van der Waals surface area (Å²) in [4.78, 5) is 4.33. The maximum absolute atomic E-state index is 4.33. The summed E-state index contributed by atoms with van der Waals surface area (Å²) in [5.41, 5.74) is 2.79. The van der Waals surface area contributed by atoms with Gasteiger partial charge in [0.15, 0.2) is 0 Å². The zero-order valence-corrected chi connectivity index (χ0v) is 10.8. The minimum absolute atomic E-state index is 0.399. The van der Waals surface area contributed by atoms with Gasteiger partial charge in [0.25, 0.3) is 0 Å². The number of aryl methyl sites for hydroxylation is 2. The first kappa shape index (κ1) is 11.3. The second-order valence-electron chi connectivity index (χ2n) is 4.92. The minimum Gasteiger partial charge on any atom is -0.349 e. The van der Waals surface area contributed by atoms with E-state index in [1.165, 1.54) is 24.0 Å². The number of anilines is 1. The highest BCUT2D eigenvalue weighted by Crippen LogP contribution is 2.27. The van der Waals surface area contributed by atoms with Gasteiger partial charge in [-0.1, -0.05) is 37.6 Å². The van der Waals surface area contributed by atoms with Crippen molar-refractivity contribution in [2.24, 2.45) is 0 Å². The van der Waals surface area contributed by atoms with Gasteiger partial charge in [-0.15, -0.1) is 0 Å². The number of nitrogens with one attached hydrogen (secondary N) is 1. The molecular formula is C15H19N3. The molecule has 0 radical (unpaired) electrons. The first-order valence-corrected chi connectivity index (χ1v) is 6.73. The van der Waals surface area contributed by atoms with Crippen molar-refractivity contribution in [1.82, 2.24) is 9.55 Å². The standard InChI is InChI=1S/C15H19N3/c1-2-3-12-4-6-13(7-5-12)14-8-10-18-11-9-16-15(18)17-14/h4-7,9,11,14H,2-3,8,10H2,1H3,(H,16,17).